The number of benzene rings is 1. The van der Waals surface area contributed by atoms with E-state index in [-0.39, 0.29) is 16.6 Å². The lowest BCUT2D eigenvalue weighted by Crippen LogP contribution is -2.33. The lowest BCUT2D eigenvalue weighted by atomic mass is 9.78. The second-order valence-electron chi connectivity index (χ2n) is 8.57. The summed E-state index contributed by atoms with van der Waals surface area (Å²) in [6, 6.07) is 3.76. The van der Waals surface area contributed by atoms with Crippen LogP contribution in [0.2, 0.25) is 0 Å². The topological polar surface area (TPSA) is 66.8 Å². The van der Waals surface area contributed by atoms with Gasteiger partial charge in [0.1, 0.15) is 5.75 Å². The zero-order chi connectivity index (χ0) is 19.2. The summed E-state index contributed by atoms with van der Waals surface area (Å²) in [6.45, 7) is 12.5. The van der Waals surface area contributed by atoms with Crippen molar-refractivity contribution >= 4 is 16.1 Å². The highest BCUT2D eigenvalue weighted by Gasteiger charge is 2.30. The summed E-state index contributed by atoms with van der Waals surface area (Å²) < 4.78 is 25.8. The predicted molar refractivity (Wildman–Crippen MR) is 101 cm³/mol. The van der Waals surface area contributed by atoms with Crippen molar-refractivity contribution in [3.8, 4) is 5.75 Å². The molecule has 2 rings (SSSR count). The Labute approximate surface area is 151 Å². The molecule has 1 aromatic rings. The second-order valence-corrected chi connectivity index (χ2v) is 10.6. The molecule has 0 bridgehead atoms. The van der Waals surface area contributed by atoms with Crippen LogP contribution < -0.4 is 0 Å². The number of sulfonamides is 1. The maximum Gasteiger partial charge on any atom is 0.260 e. The first-order valence-electron chi connectivity index (χ1n) is 8.45. The van der Waals surface area contributed by atoms with Gasteiger partial charge in [-0.25, -0.2) is 8.42 Å². The minimum Gasteiger partial charge on any atom is -0.507 e. The Morgan fingerprint density at radius 3 is 2.00 bits per heavy atom. The quantitative estimate of drug-likeness (QED) is 0.817. The highest BCUT2D eigenvalue weighted by molar-refractivity contribution is 7.93. The molecular weight excluding hydrogens is 338 g/mol. The molecule has 0 saturated carbocycles. The highest BCUT2D eigenvalue weighted by Crippen LogP contribution is 2.40. The predicted octanol–water partition coefficient (Wildman–Crippen LogP) is 3.93. The third-order valence-corrected chi connectivity index (χ3v) is 6.13. The molecule has 0 radical (unpaired) electrons. The summed E-state index contributed by atoms with van der Waals surface area (Å²) in [7, 11) is -2.19. The normalized spacial score (nSPS) is 20.8. The van der Waals surface area contributed by atoms with Gasteiger partial charge in [0, 0.05) is 24.6 Å². The van der Waals surface area contributed by atoms with E-state index < -0.39 is 10.0 Å². The van der Waals surface area contributed by atoms with Gasteiger partial charge >= 0.3 is 0 Å². The Hall–Kier alpha value is -1.37. The number of phenols is 1. The minimum absolute atomic E-state index is 0.260. The lowest BCUT2D eigenvalue weighted by molar-refractivity contribution is -0.0689. The van der Waals surface area contributed by atoms with Crippen LogP contribution in [0, 0.1) is 0 Å². The number of hydrogen-bond donors (Lipinski definition) is 1. The van der Waals surface area contributed by atoms with E-state index in [1.165, 1.54) is 7.05 Å². The second kappa shape index (κ2) is 6.41. The average molecular weight is 368 g/mol. The smallest absolute Gasteiger partial charge is 0.260 e. The van der Waals surface area contributed by atoms with Gasteiger partial charge in [0.25, 0.3) is 10.0 Å². The lowest BCUT2D eigenvalue weighted by Gasteiger charge is -2.28. The van der Waals surface area contributed by atoms with E-state index in [4.69, 9.17) is 4.84 Å². The van der Waals surface area contributed by atoms with Crippen LogP contribution in [0.25, 0.3) is 6.08 Å². The first-order valence-corrected chi connectivity index (χ1v) is 9.89. The van der Waals surface area contributed by atoms with Crippen LogP contribution in [0.15, 0.2) is 17.0 Å². The molecule has 1 aromatic carbocycles. The molecule has 0 atom stereocenters. The Kier molecular flexibility index (Phi) is 5.12. The summed E-state index contributed by atoms with van der Waals surface area (Å²) in [4.78, 5) is 5.43. The van der Waals surface area contributed by atoms with E-state index in [0.29, 0.717) is 17.9 Å². The van der Waals surface area contributed by atoms with Crippen molar-refractivity contribution in [2.45, 2.75) is 58.8 Å². The van der Waals surface area contributed by atoms with Crippen LogP contribution in [-0.2, 0) is 25.7 Å². The van der Waals surface area contributed by atoms with Crippen molar-refractivity contribution in [2.24, 2.45) is 0 Å². The van der Waals surface area contributed by atoms with E-state index in [1.54, 1.807) is 6.08 Å². The first-order chi connectivity index (χ1) is 11.2. The molecule has 140 valence electrons. The summed E-state index contributed by atoms with van der Waals surface area (Å²) in [6.07, 6.45) is 2.03. The number of hydroxylamine groups is 1. The van der Waals surface area contributed by atoms with Crippen molar-refractivity contribution in [1.82, 2.24) is 4.47 Å². The fourth-order valence-electron chi connectivity index (χ4n) is 2.85. The minimum atomic E-state index is -3.60. The van der Waals surface area contributed by atoms with Crippen molar-refractivity contribution in [2.75, 3.05) is 13.7 Å². The molecule has 6 heteroatoms. The molecule has 1 N–H and O–H groups in total. The van der Waals surface area contributed by atoms with Crippen LogP contribution >= 0.6 is 0 Å². The number of aromatic hydroxyl groups is 1. The Morgan fingerprint density at radius 1 is 1.08 bits per heavy atom. The van der Waals surface area contributed by atoms with E-state index in [1.807, 2.05) is 53.7 Å². The Morgan fingerprint density at radius 2 is 1.56 bits per heavy atom. The third kappa shape index (κ3) is 4.07. The molecule has 0 spiro atoms. The van der Waals surface area contributed by atoms with Gasteiger partial charge in [0.15, 0.2) is 0 Å². The van der Waals surface area contributed by atoms with Crippen LogP contribution in [0.3, 0.4) is 0 Å². The number of hydrogen-bond acceptors (Lipinski definition) is 4. The molecule has 0 amide bonds. The zero-order valence-corrected chi connectivity index (χ0v) is 17.0. The van der Waals surface area contributed by atoms with Gasteiger partial charge < -0.3 is 5.11 Å². The van der Waals surface area contributed by atoms with Crippen LogP contribution in [0.4, 0.5) is 0 Å². The van der Waals surface area contributed by atoms with Crippen LogP contribution in [0.1, 0.15) is 64.7 Å². The van der Waals surface area contributed by atoms with E-state index >= 15 is 0 Å². The van der Waals surface area contributed by atoms with Gasteiger partial charge in [0.05, 0.1) is 11.5 Å². The molecule has 5 nitrogen and oxygen atoms in total. The summed E-state index contributed by atoms with van der Waals surface area (Å²) >= 11 is 0. The van der Waals surface area contributed by atoms with E-state index in [2.05, 4.69) is 0 Å². The summed E-state index contributed by atoms with van der Waals surface area (Å²) in [5.41, 5.74) is 1.88. The number of phenolic OH excluding ortho intramolecular Hbond substituents is 1. The molecule has 1 aliphatic heterocycles. The van der Waals surface area contributed by atoms with Crippen LogP contribution in [-0.4, -0.2) is 31.6 Å². The van der Waals surface area contributed by atoms with Crippen molar-refractivity contribution in [3.05, 3.63) is 33.7 Å². The van der Waals surface area contributed by atoms with Crippen molar-refractivity contribution in [3.63, 3.8) is 0 Å². The molecule has 1 heterocycles. The van der Waals surface area contributed by atoms with E-state index in [9.17, 15) is 13.5 Å². The van der Waals surface area contributed by atoms with Gasteiger partial charge in [-0.15, -0.1) is 0 Å². The van der Waals surface area contributed by atoms with Gasteiger partial charge in [-0.2, -0.15) is 0 Å². The number of nitrogens with zero attached hydrogens (tertiary/aromatic N) is 1. The third-order valence-electron chi connectivity index (χ3n) is 4.37. The van der Waals surface area contributed by atoms with E-state index in [0.717, 1.165) is 21.2 Å². The molecular formula is C19H29NO4S. The highest BCUT2D eigenvalue weighted by atomic mass is 32.2. The van der Waals surface area contributed by atoms with Crippen molar-refractivity contribution < 1.29 is 18.4 Å². The maximum atomic E-state index is 12.4. The van der Waals surface area contributed by atoms with Crippen LogP contribution in [0.5, 0.6) is 5.75 Å². The molecule has 25 heavy (non-hydrogen) atoms. The number of rotatable bonds is 1. The zero-order valence-electron chi connectivity index (χ0n) is 16.2. The van der Waals surface area contributed by atoms with Gasteiger partial charge in [-0.1, -0.05) is 46.0 Å². The molecule has 1 fully saturated rings. The molecule has 0 aromatic heterocycles. The summed E-state index contributed by atoms with van der Waals surface area (Å²) in [5, 5.41) is 10.8. The monoisotopic (exact) mass is 367 g/mol. The summed E-state index contributed by atoms with van der Waals surface area (Å²) in [5.74, 6) is 0.286. The Bertz CT molecular complexity index is 761. The fourth-order valence-corrected chi connectivity index (χ4v) is 4.02. The van der Waals surface area contributed by atoms with Gasteiger partial charge in [-0.05, 0) is 34.6 Å². The molecule has 0 aliphatic carbocycles. The average Bonchev–Trinajstić information content (AvgIpc) is 2.43. The van der Waals surface area contributed by atoms with Crippen molar-refractivity contribution in [1.29, 1.82) is 0 Å². The standard InChI is InChI=1S/C19H29NO4S/c1-18(2,3)15-11-13(12-16(17(15)21)19(4,5)6)10-14-8-9-24-20(7)25(14,22)23/h10-12,21H,8-9H2,1-7H3/b14-10-. The Balaban J connectivity index is 2.68. The SMILES string of the molecule is CN1OCC/C(=C/c2cc(C(C)(C)C)c(O)c(C(C)(C)C)c2)S1(=O)=O. The molecule has 0 unspecified atom stereocenters. The largest absolute Gasteiger partial charge is 0.507 e. The molecule has 1 aliphatic rings. The van der Waals surface area contributed by atoms with Gasteiger partial charge in [0.2, 0.25) is 0 Å². The van der Waals surface area contributed by atoms with Gasteiger partial charge in [-0.3, -0.25) is 4.84 Å². The first kappa shape index (κ1) is 19.9. The fraction of sp³-hybridized carbons (Fsp3) is 0.579. The molecule has 1 saturated heterocycles. The maximum absolute atomic E-state index is 12.4.